The van der Waals surface area contributed by atoms with Gasteiger partial charge in [0, 0.05) is 44.2 Å². The third-order valence-corrected chi connectivity index (χ3v) is 8.01. The van der Waals surface area contributed by atoms with Crippen LogP contribution in [0.3, 0.4) is 0 Å². The number of anilines is 1. The predicted octanol–water partition coefficient (Wildman–Crippen LogP) is 4.11. The molecule has 2 amide bonds. The summed E-state index contributed by atoms with van der Waals surface area (Å²) >= 11 is 6.38. The number of sulfonamides is 1. The number of benzene rings is 2. The third-order valence-electron chi connectivity index (χ3n) is 6.19. The molecule has 1 aliphatic heterocycles. The van der Waals surface area contributed by atoms with E-state index in [1.165, 1.54) is 30.3 Å². The maximum absolute atomic E-state index is 13.1. The minimum atomic E-state index is -3.97. The van der Waals surface area contributed by atoms with Crippen LogP contribution in [-0.4, -0.2) is 67.4 Å². The number of hydrogen-bond donors (Lipinski definition) is 2. The minimum Gasteiger partial charge on any atom is -0.335 e. The van der Waals surface area contributed by atoms with E-state index in [1.807, 2.05) is 0 Å². The molecule has 0 atom stereocenters. The number of piperazine rings is 1. The Morgan fingerprint density at radius 3 is 2.34 bits per heavy atom. The number of nitrogens with one attached hydrogen (secondary N) is 2. The van der Waals surface area contributed by atoms with Gasteiger partial charge in [-0.05, 0) is 60.5 Å². The molecule has 1 fully saturated rings. The van der Waals surface area contributed by atoms with Crippen molar-refractivity contribution in [2.75, 3.05) is 30.9 Å². The summed E-state index contributed by atoms with van der Waals surface area (Å²) in [6, 6.07) is 14.4. The van der Waals surface area contributed by atoms with Crippen LogP contribution < -0.4 is 4.72 Å². The topological polar surface area (TPSA) is 124 Å². The van der Waals surface area contributed by atoms with Crippen molar-refractivity contribution in [2.24, 2.45) is 0 Å². The highest BCUT2D eigenvalue weighted by Gasteiger charge is 2.27. The van der Waals surface area contributed by atoms with Gasteiger partial charge in [0.2, 0.25) is 0 Å². The van der Waals surface area contributed by atoms with E-state index in [0.29, 0.717) is 48.6 Å². The van der Waals surface area contributed by atoms with E-state index in [9.17, 15) is 18.0 Å². The SMILES string of the molecule is Cc1c(/C=C\C=N)cccc1S(=O)(=O)Nc1ccc(C(=O)N2CCN(C(=O)c3ccccn3)CC2)cc1Cl. The van der Waals surface area contributed by atoms with Crippen molar-refractivity contribution < 1.29 is 18.0 Å². The molecule has 0 spiro atoms. The Morgan fingerprint density at radius 1 is 1.00 bits per heavy atom. The maximum Gasteiger partial charge on any atom is 0.272 e. The van der Waals surface area contributed by atoms with Gasteiger partial charge >= 0.3 is 0 Å². The number of allylic oxidation sites excluding steroid dienone is 1. The van der Waals surface area contributed by atoms with Gasteiger partial charge in [-0.1, -0.05) is 35.9 Å². The zero-order valence-corrected chi connectivity index (χ0v) is 22.2. The van der Waals surface area contributed by atoms with Crippen LogP contribution in [0.25, 0.3) is 6.08 Å². The molecule has 4 rings (SSSR count). The third kappa shape index (κ3) is 5.92. The Balaban J connectivity index is 1.44. The predicted molar refractivity (Wildman–Crippen MR) is 147 cm³/mol. The van der Waals surface area contributed by atoms with Gasteiger partial charge in [0.1, 0.15) is 5.69 Å². The summed E-state index contributed by atoms with van der Waals surface area (Å²) < 4.78 is 28.7. The van der Waals surface area contributed by atoms with Crippen molar-refractivity contribution in [3.05, 3.63) is 94.3 Å². The maximum atomic E-state index is 13.1. The number of rotatable bonds is 7. The second-order valence-electron chi connectivity index (χ2n) is 8.60. The number of nitrogens with zero attached hydrogens (tertiary/aromatic N) is 3. The van der Waals surface area contributed by atoms with Gasteiger partial charge in [0.15, 0.2) is 0 Å². The lowest BCUT2D eigenvalue weighted by Gasteiger charge is -2.34. The highest BCUT2D eigenvalue weighted by molar-refractivity contribution is 7.92. The van der Waals surface area contributed by atoms with Gasteiger partial charge < -0.3 is 15.2 Å². The molecule has 1 saturated heterocycles. The van der Waals surface area contributed by atoms with E-state index in [0.717, 1.165) is 6.21 Å². The Morgan fingerprint density at radius 2 is 1.71 bits per heavy atom. The van der Waals surface area contributed by atoms with Gasteiger partial charge in [-0.25, -0.2) is 8.42 Å². The number of carbonyl (C=O) groups is 2. The summed E-state index contributed by atoms with van der Waals surface area (Å²) in [5.41, 5.74) is 2.03. The van der Waals surface area contributed by atoms with Gasteiger partial charge in [-0.15, -0.1) is 0 Å². The molecule has 0 aliphatic carbocycles. The standard InChI is InChI=1S/C27H26ClN5O4S/c1-19-20(7-5-12-29)6-4-9-25(19)38(36,37)31-23-11-10-21(18-22(23)28)26(34)32-14-16-33(17-15-32)27(35)24-8-2-3-13-30-24/h2-13,18,29,31H,14-17H2,1H3/b7-5-,29-12?. The van der Waals surface area contributed by atoms with Crippen LogP contribution in [0.2, 0.25) is 5.02 Å². The molecular weight excluding hydrogens is 526 g/mol. The number of hydrogen-bond acceptors (Lipinski definition) is 6. The highest BCUT2D eigenvalue weighted by Crippen LogP contribution is 2.28. The van der Waals surface area contributed by atoms with Crippen molar-refractivity contribution in [3.8, 4) is 0 Å². The number of halogens is 1. The van der Waals surface area contributed by atoms with Crippen molar-refractivity contribution in [1.82, 2.24) is 14.8 Å². The zero-order chi connectivity index (χ0) is 27.3. The molecule has 2 heterocycles. The fraction of sp³-hybridized carbons (Fsp3) is 0.185. The van der Waals surface area contributed by atoms with Crippen molar-refractivity contribution in [1.29, 1.82) is 5.41 Å². The lowest BCUT2D eigenvalue weighted by atomic mass is 10.1. The van der Waals surface area contributed by atoms with E-state index < -0.39 is 10.0 Å². The average Bonchev–Trinajstić information content (AvgIpc) is 2.93. The molecule has 0 unspecified atom stereocenters. The first-order valence-corrected chi connectivity index (χ1v) is 13.7. The Bertz CT molecular complexity index is 1500. The van der Waals surface area contributed by atoms with Crippen LogP contribution in [-0.2, 0) is 10.0 Å². The molecule has 0 bridgehead atoms. The van der Waals surface area contributed by atoms with Crippen LogP contribution in [0.15, 0.2) is 71.8 Å². The normalized spacial score (nSPS) is 13.9. The molecule has 0 saturated carbocycles. The van der Waals surface area contributed by atoms with E-state index >= 15 is 0 Å². The van der Waals surface area contributed by atoms with Gasteiger partial charge in [0.05, 0.1) is 15.6 Å². The highest BCUT2D eigenvalue weighted by atomic mass is 35.5. The average molecular weight is 552 g/mol. The largest absolute Gasteiger partial charge is 0.335 e. The van der Waals surface area contributed by atoms with E-state index in [4.69, 9.17) is 17.0 Å². The first-order chi connectivity index (χ1) is 18.2. The van der Waals surface area contributed by atoms with Crippen molar-refractivity contribution in [2.45, 2.75) is 11.8 Å². The van der Waals surface area contributed by atoms with Gasteiger partial charge in [-0.3, -0.25) is 19.3 Å². The van der Waals surface area contributed by atoms with Gasteiger partial charge in [-0.2, -0.15) is 0 Å². The van der Waals surface area contributed by atoms with E-state index in [1.54, 1.807) is 59.3 Å². The van der Waals surface area contributed by atoms with Crippen LogP contribution in [0.1, 0.15) is 32.0 Å². The smallest absolute Gasteiger partial charge is 0.272 e. The summed E-state index contributed by atoms with van der Waals surface area (Å²) in [5, 5.41) is 7.22. The first-order valence-electron chi connectivity index (χ1n) is 11.8. The van der Waals surface area contributed by atoms with E-state index in [-0.39, 0.29) is 27.4 Å². The summed E-state index contributed by atoms with van der Waals surface area (Å²) in [4.78, 5) is 33.2. The van der Waals surface area contributed by atoms with Gasteiger partial charge in [0.25, 0.3) is 21.8 Å². The lowest BCUT2D eigenvalue weighted by molar-refractivity contribution is 0.0532. The molecule has 3 aromatic rings. The van der Waals surface area contributed by atoms with E-state index in [2.05, 4.69) is 9.71 Å². The Labute approximate surface area is 226 Å². The molecular formula is C27H26ClN5O4S. The number of pyridine rings is 1. The lowest BCUT2D eigenvalue weighted by Crippen LogP contribution is -2.50. The number of amides is 2. The molecule has 9 nitrogen and oxygen atoms in total. The second-order valence-corrected chi connectivity index (χ2v) is 10.7. The molecule has 11 heteroatoms. The zero-order valence-electron chi connectivity index (χ0n) is 20.6. The molecule has 2 aromatic carbocycles. The molecule has 2 N–H and O–H groups in total. The monoisotopic (exact) mass is 551 g/mol. The van der Waals surface area contributed by atoms with Crippen LogP contribution >= 0.6 is 11.6 Å². The quantitative estimate of drug-likeness (QED) is 0.428. The minimum absolute atomic E-state index is 0.0824. The Kier molecular flexibility index (Phi) is 8.23. The molecule has 0 radical (unpaired) electrons. The van der Waals surface area contributed by atoms with Crippen molar-refractivity contribution in [3.63, 3.8) is 0 Å². The molecule has 38 heavy (non-hydrogen) atoms. The molecule has 1 aromatic heterocycles. The summed E-state index contributed by atoms with van der Waals surface area (Å²) in [6.07, 6.45) is 5.85. The van der Waals surface area contributed by atoms with Crippen LogP contribution in [0.4, 0.5) is 5.69 Å². The summed E-state index contributed by atoms with van der Waals surface area (Å²) in [5.74, 6) is -0.434. The second kappa shape index (κ2) is 11.6. The Hall–Kier alpha value is -4.02. The first kappa shape index (κ1) is 27.0. The van der Waals surface area contributed by atoms with Crippen LogP contribution in [0, 0.1) is 12.3 Å². The summed E-state index contributed by atoms with van der Waals surface area (Å²) in [7, 11) is -3.97. The molecule has 1 aliphatic rings. The fourth-order valence-corrected chi connectivity index (χ4v) is 5.77. The molecule has 196 valence electrons. The van der Waals surface area contributed by atoms with Crippen LogP contribution in [0.5, 0.6) is 0 Å². The summed E-state index contributed by atoms with van der Waals surface area (Å²) in [6.45, 7) is 3.14. The number of carbonyl (C=O) groups excluding carboxylic acids is 2. The van der Waals surface area contributed by atoms with Crippen molar-refractivity contribution >= 4 is 51.4 Å². The number of aromatic nitrogens is 1. The fourth-order valence-electron chi connectivity index (χ4n) is 4.13.